The molecule has 1 aromatic carbocycles. The zero-order valence-corrected chi connectivity index (χ0v) is 13.3. The first-order valence-electron chi connectivity index (χ1n) is 8.00. The van der Waals surface area contributed by atoms with Crippen LogP contribution in [0.2, 0.25) is 0 Å². The van der Waals surface area contributed by atoms with Crippen LogP contribution >= 0.6 is 0 Å². The van der Waals surface area contributed by atoms with Gasteiger partial charge in [-0.15, -0.1) is 0 Å². The van der Waals surface area contributed by atoms with E-state index in [9.17, 15) is 0 Å². The van der Waals surface area contributed by atoms with Gasteiger partial charge in [0.05, 0.1) is 12.2 Å². The van der Waals surface area contributed by atoms with E-state index in [0.29, 0.717) is 6.54 Å². The predicted octanol–water partition coefficient (Wildman–Crippen LogP) is 3.27. The van der Waals surface area contributed by atoms with Crippen molar-refractivity contribution >= 4 is 11.2 Å². The first-order valence-corrected chi connectivity index (χ1v) is 8.00. The Morgan fingerprint density at radius 1 is 0.920 bits per heavy atom. The lowest BCUT2D eigenvalue weighted by atomic mass is 10.2. The Morgan fingerprint density at radius 2 is 1.84 bits per heavy atom. The van der Waals surface area contributed by atoms with Crippen LogP contribution in [0.3, 0.4) is 0 Å². The maximum atomic E-state index is 5.51. The second-order valence-corrected chi connectivity index (χ2v) is 5.76. The zero-order valence-electron chi connectivity index (χ0n) is 13.3. The average molecular weight is 330 g/mol. The van der Waals surface area contributed by atoms with Crippen LogP contribution in [0.5, 0.6) is 11.5 Å². The first-order chi connectivity index (χ1) is 12.4. The summed E-state index contributed by atoms with van der Waals surface area (Å²) in [6, 6.07) is 15.6. The topological polar surface area (TPSA) is 62.1 Å². The normalized spacial score (nSPS) is 12.6. The first kappa shape index (κ1) is 14.0. The molecule has 25 heavy (non-hydrogen) atoms. The fourth-order valence-electron chi connectivity index (χ4n) is 3.02. The van der Waals surface area contributed by atoms with Gasteiger partial charge < -0.3 is 14.0 Å². The number of benzene rings is 1. The van der Waals surface area contributed by atoms with Gasteiger partial charge in [-0.25, -0.2) is 9.97 Å². The third-order valence-corrected chi connectivity index (χ3v) is 4.18. The molecule has 1 aliphatic heterocycles. The van der Waals surface area contributed by atoms with Gasteiger partial charge in [-0.05, 0) is 42.5 Å². The van der Waals surface area contributed by atoms with Gasteiger partial charge in [0.25, 0.3) is 0 Å². The number of hydrogen-bond acceptors (Lipinski definition) is 5. The molecule has 1 aliphatic rings. The Hall–Kier alpha value is -3.41. The van der Waals surface area contributed by atoms with Crippen LogP contribution in [-0.4, -0.2) is 26.3 Å². The third kappa shape index (κ3) is 2.39. The number of nitrogens with zero attached hydrogens (tertiary/aromatic N) is 4. The molecule has 6 nitrogen and oxygen atoms in total. The quantitative estimate of drug-likeness (QED) is 0.577. The molecule has 0 amide bonds. The molecule has 4 heterocycles. The monoisotopic (exact) mass is 330 g/mol. The molecular formula is C19H14N4O2. The van der Waals surface area contributed by atoms with E-state index < -0.39 is 0 Å². The SMILES string of the molecule is c1ccc(Cn2c(-c3ccc4c(c3)OCO4)nc3cccnc32)nc1. The maximum absolute atomic E-state index is 5.51. The fourth-order valence-corrected chi connectivity index (χ4v) is 3.02. The Labute approximate surface area is 143 Å². The van der Waals surface area contributed by atoms with Crippen molar-refractivity contribution in [1.82, 2.24) is 19.5 Å². The van der Waals surface area contributed by atoms with Crippen molar-refractivity contribution in [2.75, 3.05) is 6.79 Å². The number of imidazole rings is 1. The Kier molecular flexibility index (Phi) is 3.13. The number of rotatable bonds is 3. The second kappa shape index (κ2) is 5.59. The lowest BCUT2D eigenvalue weighted by Crippen LogP contribution is -2.04. The van der Waals surface area contributed by atoms with Gasteiger partial charge in [-0.3, -0.25) is 4.98 Å². The highest BCUT2D eigenvalue weighted by molar-refractivity contribution is 5.78. The van der Waals surface area contributed by atoms with Crippen LogP contribution < -0.4 is 9.47 Å². The van der Waals surface area contributed by atoms with Crippen molar-refractivity contribution in [2.24, 2.45) is 0 Å². The van der Waals surface area contributed by atoms with Crippen molar-refractivity contribution in [2.45, 2.75) is 6.54 Å². The van der Waals surface area contributed by atoms with E-state index in [-0.39, 0.29) is 6.79 Å². The van der Waals surface area contributed by atoms with E-state index in [1.54, 1.807) is 12.4 Å². The van der Waals surface area contributed by atoms with Crippen molar-refractivity contribution in [3.8, 4) is 22.9 Å². The van der Waals surface area contributed by atoms with Crippen LogP contribution in [-0.2, 0) is 6.54 Å². The molecule has 122 valence electrons. The van der Waals surface area contributed by atoms with E-state index in [1.807, 2.05) is 48.5 Å². The molecule has 0 spiro atoms. The smallest absolute Gasteiger partial charge is 0.231 e. The minimum absolute atomic E-state index is 0.255. The summed E-state index contributed by atoms with van der Waals surface area (Å²) in [6.07, 6.45) is 3.57. The summed E-state index contributed by atoms with van der Waals surface area (Å²) in [5.74, 6) is 2.33. The van der Waals surface area contributed by atoms with E-state index in [1.165, 1.54) is 0 Å². The average Bonchev–Trinajstić information content (AvgIpc) is 3.27. The summed E-state index contributed by atoms with van der Waals surface area (Å²) in [6.45, 7) is 0.850. The van der Waals surface area contributed by atoms with Gasteiger partial charge >= 0.3 is 0 Å². The summed E-state index contributed by atoms with van der Waals surface area (Å²) < 4.78 is 13.0. The molecule has 0 N–H and O–H groups in total. The number of aromatic nitrogens is 4. The van der Waals surface area contributed by atoms with Crippen LogP contribution in [0.25, 0.3) is 22.6 Å². The zero-order chi connectivity index (χ0) is 16.6. The molecule has 5 rings (SSSR count). The molecule has 0 atom stereocenters. The highest BCUT2D eigenvalue weighted by Gasteiger charge is 2.18. The minimum atomic E-state index is 0.255. The van der Waals surface area contributed by atoms with E-state index in [0.717, 1.165) is 39.7 Å². The van der Waals surface area contributed by atoms with Gasteiger partial charge in [0.15, 0.2) is 17.1 Å². The maximum Gasteiger partial charge on any atom is 0.231 e. The summed E-state index contributed by atoms with van der Waals surface area (Å²) >= 11 is 0. The van der Waals surface area contributed by atoms with Gasteiger partial charge in [0.1, 0.15) is 11.3 Å². The van der Waals surface area contributed by atoms with Crippen LogP contribution in [0.1, 0.15) is 5.69 Å². The number of hydrogen-bond donors (Lipinski definition) is 0. The third-order valence-electron chi connectivity index (χ3n) is 4.18. The lowest BCUT2D eigenvalue weighted by molar-refractivity contribution is 0.174. The molecule has 0 saturated heterocycles. The van der Waals surface area contributed by atoms with E-state index >= 15 is 0 Å². The van der Waals surface area contributed by atoms with Crippen molar-refractivity contribution in [3.05, 3.63) is 66.6 Å². The number of fused-ring (bicyclic) bond motifs is 2. The molecule has 0 unspecified atom stereocenters. The van der Waals surface area contributed by atoms with Gasteiger partial charge in [0.2, 0.25) is 6.79 Å². The standard InChI is InChI=1S/C19H14N4O2/c1-2-8-20-14(4-1)11-23-18(22-15-5-3-9-21-19(15)23)13-6-7-16-17(10-13)25-12-24-16/h1-10H,11-12H2. The molecular weight excluding hydrogens is 316 g/mol. The van der Waals surface area contributed by atoms with Gasteiger partial charge in [-0.2, -0.15) is 0 Å². The molecule has 6 heteroatoms. The predicted molar refractivity (Wildman–Crippen MR) is 92.4 cm³/mol. The molecule has 3 aromatic heterocycles. The van der Waals surface area contributed by atoms with Crippen molar-refractivity contribution < 1.29 is 9.47 Å². The molecule has 0 saturated carbocycles. The summed E-state index contributed by atoms with van der Waals surface area (Å²) in [5, 5.41) is 0. The van der Waals surface area contributed by atoms with Crippen LogP contribution in [0.15, 0.2) is 60.9 Å². The van der Waals surface area contributed by atoms with Crippen LogP contribution in [0.4, 0.5) is 0 Å². The Morgan fingerprint density at radius 3 is 2.76 bits per heavy atom. The molecule has 0 radical (unpaired) electrons. The highest BCUT2D eigenvalue weighted by Crippen LogP contribution is 2.36. The molecule has 0 bridgehead atoms. The van der Waals surface area contributed by atoms with E-state index in [4.69, 9.17) is 14.5 Å². The van der Waals surface area contributed by atoms with Crippen molar-refractivity contribution in [3.63, 3.8) is 0 Å². The summed E-state index contributed by atoms with van der Waals surface area (Å²) in [7, 11) is 0. The summed E-state index contributed by atoms with van der Waals surface area (Å²) in [4.78, 5) is 13.7. The fraction of sp³-hybridized carbons (Fsp3) is 0.105. The highest BCUT2D eigenvalue weighted by atomic mass is 16.7. The van der Waals surface area contributed by atoms with Gasteiger partial charge in [0, 0.05) is 18.0 Å². The molecule has 0 aliphatic carbocycles. The molecule has 0 fully saturated rings. The van der Waals surface area contributed by atoms with Crippen molar-refractivity contribution in [1.29, 1.82) is 0 Å². The Balaban J connectivity index is 1.68. The lowest BCUT2D eigenvalue weighted by Gasteiger charge is -2.09. The summed E-state index contributed by atoms with van der Waals surface area (Å²) in [5.41, 5.74) is 3.60. The van der Waals surface area contributed by atoms with Gasteiger partial charge in [-0.1, -0.05) is 6.07 Å². The number of ether oxygens (including phenoxy) is 2. The molecule has 4 aromatic rings. The second-order valence-electron chi connectivity index (χ2n) is 5.76. The Bertz CT molecular complexity index is 1060. The van der Waals surface area contributed by atoms with E-state index in [2.05, 4.69) is 14.5 Å². The number of pyridine rings is 2. The largest absolute Gasteiger partial charge is 0.454 e. The minimum Gasteiger partial charge on any atom is -0.454 e. The van der Waals surface area contributed by atoms with Crippen LogP contribution in [0, 0.1) is 0 Å².